The number of amides is 1. The molecule has 5 rings (SSSR count). The lowest BCUT2D eigenvalue weighted by Gasteiger charge is -2.47. The molecule has 0 aliphatic carbocycles. The molecule has 13 atom stereocenters. The fourth-order valence-corrected chi connectivity index (χ4v) is 9.03. The molecule has 2 aromatic rings. The minimum atomic E-state index is -3.22. The lowest BCUT2D eigenvalue weighted by atomic mass is 9.73. The lowest BCUT2D eigenvalue weighted by molar-refractivity contribution is -0.295. The van der Waals surface area contributed by atoms with Gasteiger partial charge in [0.25, 0.3) is 5.67 Å². The van der Waals surface area contributed by atoms with E-state index in [2.05, 4.69) is 32.1 Å². The van der Waals surface area contributed by atoms with Crippen LogP contribution < -0.4 is 11.5 Å². The summed E-state index contributed by atoms with van der Waals surface area (Å²) in [7, 11) is 4.99. The zero-order valence-electron chi connectivity index (χ0n) is 38.5. The van der Waals surface area contributed by atoms with Crippen LogP contribution >= 0.6 is 12.1 Å². The minimum Gasteiger partial charge on any atom is -0.455 e. The Bertz CT molecular complexity index is 2030. The average molecular weight is 924 g/mol. The van der Waals surface area contributed by atoms with E-state index in [1.165, 1.54) is 42.9 Å². The quantitative estimate of drug-likeness (QED) is 0.195. The number of ether oxygens (including phenoxy) is 5. The highest BCUT2D eigenvalue weighted by Crippen LogP contribution is 2.43. The largest absolute Gasteiger partial charge is 0.455 e. The number of likely N-dealkylation sites (N-methyl/N-ethyl adjacent to an activating group) is 1. The van der Waals surface area contributed by atoms with Gasteiger partial charge in [-0.1, -0.05) is 44.7 Å². The molecule has 0 saturated carbocycles. The van der Waals surface area contributed by atoms with Crippen molar-refractivity contribution >= 4 is 47.5 Å². The highest BCUT2D eigenvalue weighted by Gasteiger charge is 2.61. The lowest BCUT2D eigenvalue weighted by Crippen LogP contribution is -2.61. The highest BCUT2D eigenvalue weighted by atomic mass is 32.2. The summed E-state index contributed by atoms with van der Waals surface area (Å²) in [6.45, 7) is 12.0. The average Bonchev–Trinajstić information content (AvgIpc) is 3.81. The van der Waals surface area contributed by atoms with Crippen molar-refractivity contribution in [3.05, 3.63) is 12.3 Å². The third-order valence-electron chi connectivity index (χ3n) is 12.4. The summed E-state index contributed by atoms with van der Waals surface area (Å²) >= 11 is 0.250. The first-order valence-electron chi connectivity index (χ1n) is 21.0. The first-order valence-corrected chi connectivity index (χ1v) is 22.1. The van der Waals surface area contributed by atoms with Gasteiger partial charge in [-0.15, -0.1) is 5.10 Å². The molecule has 3 aliphatic heterocycles. The maximum Gasteiger partial charge on any atom is 0.411 e. The summed E-state index contributed by atoms with van der Waals surface area (Å²) in [5.41, 5.74) is 5.83. The number of rotatable bonds is 8. The van der Waals surface area contributed by atoms with Crippen LogP contribution in [-0.2, 0) is 44.6 Å². The molecule has 3 saturated heterocycles. The van der Waals surface area contributed by atoms with Crippen LogP contribution in [0, 0.1) is 29.6 Å². The number of nitrogen functional groups attached to an aromatic ring is 2. The number of alkyl halides is 1. The Morgan fingerprint density at radius 2 is 1.69 bits per heavy atom. The van der Waals surface area contributed by atoms with Crippen LogP contribution in [0.4, 0.5) is 24.8 Å². The monoisotopic (exact) mass is 923 g/mol. The van der Waals surface area contributed by atoms with Gasteiger partial charge < -0.3 is 45.2 Å². The predicted molar refractivity (Wildman–Crippen MR) is 232 cm³/mol. The number of methoxy groups -OCH3 is 1. The predicted octanol–water partition coefficient (Wildman–Crippen LogP) is 3.43. The molecule has 356 valence electrons. The summed E-state index contributed by atoms with van der Waals surface area (Å²) in [6.07, 6.45) is -2.90. The number of carbonyl (C=O) groups is 4. The highest BCUT2D eigenvalue weighted by molar-refractivity contribution is 7.93. The van der Waals surface area contributed by atoms with E-state index in [9.17, 15) is 28.2 Å². The van der Waals surface area contributed by atoms with E-state index in [1.54, 1.807) is 48.0 Å². The number of ketones is 2. The Morgan fingerprint density at radius 1 is 1.05 bits per heavy atom. The smallest absolute Gasteiger partial charge is 0.411 e. The van der Waals surface area contributed by atoms with E-state index >= 15 is 4.39 Å². The molecule has 0 spiro atoms. The number of carbonyl (C=O) groups excluding carboxylic acids is 4. The van der Waals surface area contributed by atoms with Gasteiger partial charge in [0.15, 0.2) is 17.7 Å². The number of halogens is 2. The molecule has 0 aromatic carbocycles. The summed E-state index contributed by atoms with van der Waals surface area (Å²) < 4.78 is 58.9. The van der Waals surface area contributed by atoms with E-state index < -0.39 is 83.1 Å². The molecule has 22 heteroatoms. The number of hydrogen-bond donors (Lipinski definition) is 3. The van der Waals surface area contributed by atoms with Gasteiger partial charge in [-0.25, -0.2) is 23.6 Å². The number of esters is 1. The summed E-state index contributed by atoms with van der Waals surface area (Å²) in [4.78, 5) is 67.7. The molecule has 1 amide bonds. The van der Waals surface area contributed by atoms with Crippen LogP contribution in [0.2, 0.25) is 0 Å². The number of anilines is 2. The number of aromatic nitrogens is 5. The molecule has 3 unspecified atom stereocenters. The molecule has 0 bridgehead atoms. The van der Waals surface area contributed by atoms with Crippen molar-refractivity contribution in [2.45, 2.75) is 141 Å². The second kappa shape index (κ2) is 21.2. The second-order valence-corrected chi connectivity index (χ2v) is 17.7. The van der Waals surface area contributed by atoms with E-state index in [4.69, 9.17) is 35.2 Å². The SMILES string of the molecule is CC[C@H]1OC(=O)[C@@](C)(F)C(=O)[C@H](C)[C@@H](O[C@@H]2OC(C)CC(N(C)C)C2O)[C@](C)(OC)C[C@@H](C)C(=O)[C@H](C)[C@H]2N(CC#CCn3cc(-c4cc(N)nc(N)n4)nn3)C(=O)O[C@]12C.CSF. The number of cyclic esters (lactones) is 1. The van der Waals surface area contributed by atoms with Crippen LogP contribution in [0.25, 0.3) is 11.4 Å². The number of aliphatic hydroxyl groups excluding tert-OH is 1. The number of nitrogens with two attached hydrogens (primary N) is 2. The number of fused-ring (bicyclic) bond motifs is 1. The van der Waals surface area contributed by atoms with Crippen LogP contribution in [0.3, 0.4) is 0 Å². The molecule has 5 N–H and O–H groups in total. The van der Waals surface area contributed by atoms with Crippen LogP contribution in [0.1, 0.15) is 74.7 Å². The Hall–Kier alpha value is -4.53. The summed E-state index contributed by atoms with van der Waals surface area (Å²) in [6, 6.07) is 0.0358. The molecule has 64 heavy (non-hydrogen) atoms. The van der Waals surface area contributed by atoms with E-state index in [-0.39, 0.29) is 67.8 Å². The Labute approximate surface area is 377 Å². The molecule has 2 aromatic heterocycles. The van der Waals surface area contributed by atoms with E-state index in [0.717, 1.165) is 6.92 Å². The number of hydrogen-bond acceptors (Lipinski definition) is 18. The molecule has 3 aliphatic rings. The topological polar surface area (TPSA) is 250 Å². The Balaban J connectivity index is 0.00000291. The molecule has 19 nitrogen and oxygen atoms in total. The van der Waals surface area contributed by atoms with Gasteiger partial charge >= 0.3 is 12.1 Å². The van der Waals surface area contributed by atoms with Crippen molar-refractivity contribution in [1.82, 2.24) is 34.8 Å². The maximum absolute atomic E-state index is 16.9. The third-order valence-corrected chi connectivity index (χ3v) is 12.4. The zero-order valence-corrected chi connectivity index (χ0v) is 39.4. The minimum absolute atomic E-state index is 0.0235. The maximum atomic E-state index is 16.9. The first-order chi connectivity index (χ1) is 29.9. The molecule has 0 radical (unpaired) electrons. The van der Waals surface area contributed by atoms with Gasteiger partial charge in [-0.2, -0.15) is 8.87 Å². The second-order valence-electron chi connectivity index (χ2n) is 17.4. The van der Waals surface area contributed by atoms with Gasteiger partial charge in [0.2, 0.25) is 5.95 Å². The van der Waals surface area contributed by atoms with E-state index in [0.29, 0.717) is 17.8 Å². The summed E-state index contributed by atoms with van der Waals surface area (Å²) in [5, 5.41) is 19.6. The van der Waals surface area contributed by atoms with Gasteiger partial charge in [0, 0.05) is 55.4 Å². The fraction of sp³-hybridized carbons (Fsp3) is 0.714. The van der Waals surface area contributed by atoms with Crippen molar-refractivity contribution < 1.29 is 56.2 Å². The van der Waals surface area contributed by atoms with Crippen molar-refractivity contribution in [2.24, 2.45) is 17.8 Å². The molecular formula is C42H63F2N9O10S. The van der Waals surface area contributed by atoms with Crippen molar-refractivity contribution in [3.8, 4) is 23.2 Å². The fourth-order valence-electron chi connectivity index (χ4n) is 9.03. The van der Waals surface area contributed by atoms with Gasteiger partial charge in [-0.3, -0.25) is 14.5 Å². The van der Waals surface area contributed by atoms with Crippen molar-refractivity contribution in [3.63, 3.8) is 0 Å². The van der Waals surface area contributed by atoms with Gasteiger partial charge in [0.1, 0.15) is 36.0 Å². The number of Topliss-reactive ketones (excluding diaryl/α,β-unsaturated/α-hetero) is 2. The van der Waals surface area contributed by atoms with Gasteiger partial charge in [-0.05, 0) is 61.1 Å². The molecular weight excluding hydrogens is 861 g/mol. The zero-order chi connectivity index (χ0) is 48.1. The number of aliphatic hydroxyl groups is 1. The Morgan fingerprint density at radius 3 is 2.28 bits per heavy atom. The molecule has 3 fully saturated rings. The van der Waals surface area contributed by atoms with Crippen LogP contribution in [0.15, 0.2) is 12.3 Å². The Kier molecular flexibility index (Phi) is 17.2. The molecule has 5 heterocycles. The normalized spacial score (nSPS) is 35.0. The van der Waals surface area contributed by atoms with E-state index in [1.807, 2.05) is 11.8 Å². The summed E-state index contributed by atoms with van der Waals surface area (Å²) in [5.74, 6) is -0.134. The van der Waals surface area contributed by atoms with Crippen molar-refractivity contribution in [1.29, 1.82) is 0 Å². The number of nitrogens with zero attached hydrogens (tertiary/aromatic N) is 7. The van der Waals surface area contributed by atoms with Gasteiger partial charge in [0.05, 0.1) is 42.3 Å². The van der Waals surface area contributed by atoms with Crippen LogP contribution in [0.5, 0.6) is 0 Å². The standard InChI is InChI=1S/C41H60FN9O10.CH3FS/c1-12-28-41(8)32(51(38(56)61-41)16-14-13-15-50-20-26(47-48-50)25-18-29(43)46-37(44)45-25)23(4)30(52)21(2)19-39(6,57-11)34(24(5)33(54)40(7,42)36(55)59-28)60-35-31(53)27(49(9)10)17-22(3)58-35;1-3-2/h18,20-24,27-28,31-32,34-35,53H,12,15-17,19H2,1-11H3,(H4,43,44,45,46);1H3/t21-,22?,23+,24+,27?,28-,31?,32-,34-,35+,39-,40+,41-;/m1./s1. The first kappa shape index (κ1) is 52.1. The van der Waals surface area contributed by atoms with Crippen molar-refractivity contribution in [2.75, 3.05) is 45.5 Å². The van der Waals surface area contributed by atoms with Crippen LogP contribution in [-0.4, -0.2) is 157 Å². The third kappa shape index (κ3) is 11.1.